The van der Waals surface area contributed by atoms with Crippen LogP contribution in [0.3, 0.4) is 0 Å². The summed E-state index contributed by atoms with van der Waals surface area (Å²) in [6.45, 7) is 1.79. The van der Waals surface area contributed by atoms with E-state index < -0.39 is 0 Å². The minimum absolute atomic E-state index is 0.0159. The van der Waals surface area contributed by atoms with Gasteiger partial charge in [-0.3, -0.25) is 14.4 Å². The summed E-state index contributed by atoms with van der Waals surface area (Å²) in [5.74, 6) is -0.728. The van der Waals surface area contributed by atoms with Gasteiger partial charge in [-0.05, 0) is 60.7 Å². The predicted molar refractivity (Wildman–Crippen MR) is 124 cm³/mol. The Bertz CT molecular complexity index is 1100. The molecule has 0 unspecified atom stereocenters. The molecule has 0 heterocycles. The van der Waals surface area contributed by atoms with E-state index >= 15 is 0 Å². The van der Waals surface area contributed by atoms with E-state index in [1.807, 2.05) is 0 Å². The van der Waals surface area contributed by atoms with Crippen LogP contribution >= 0.6 is 11.6 Å². The Kier molecular flexibility index (Phi) is 7.05. The lowest BCUT2D eigenvalue weighted by Gasteiger charge is -2.17. The van der Waals surface area contributed by atoms with Crippen molar-refractivity contribution in [1.29, 1.82) is 0 Å². The first kappa shape index (κ1) is 22.1. The second-order valence-corrected chi connectivity index (χ2v) is 7.25. The molecule has 0 radical (unpaired) electrons. The molecule has 0 spiro atoms. The average molecular weight is 436 g/mol. The number of halogens is 1. The third kappa shape index (κ3) is 5.49. The van der Waals surface area contributed by atoms with Crippen LogP contribution in [0.5, 0.6) is 0 Å². The minimum Gasteiger partial charge on any atom is -0.322 e. The first-order valence-corrected chi connectivity index (χ1v) is 10.1. The highest BCUT2D eigenvalue weighted by molar-refractivity contribution is 6.30. The molecule has 0 aromatic heterocycles. The van der Waals surface area contributed by atoms with Gasteiger partial charge < -0.3 is 15.5 Å². The van der Waals surface area contributed by atoms with Crippen LogP contribution in [0, 0.1) is 0 Å². The maximum Gasteiger partial charge on any atom is 0.257 e. The molecular formula is C24H22ClN3O3. The number of nitrogens with one attached hydrogen (secondary N) is 2. The van der Waals surface area contributed by atoms with Crippen molar-refractivity contribution in [2.75, 3.05) is 22.6 Å². The van der Waals surface area contributed by atoms with Gasteiger partial charge in [0.05, 0.1) is 11.3 Å². The van der Waals surface area contributed by atoms with Crippen LogP contribution in [0.15, 0.2) is 72.8 Å². The van der Waals surface area contributed by atoms with Crippen LogP contribution in [-0.2, 0) is 4.79 Å². The summed E-state index contributed by atoms with van der Waals surface area (Å²) < 4.78 is 0. The zero-order chi connectivity index (χ0) is 22.4. The molecule has 158 valence electrons. The van der Waals surface area contributed by atoms with Gasteiger partial charge in [-0.15, -0.1) is 0 Å². The first-order chi connectivity index (χ1) is 14.9. The van der Waals surface area contributed by atoms with Crippen molar-refractivity contribution < 1.29 is 14.4 Å². The lowest BCUT2D eigenvalue weighted by molar-refractivity contribution is -0.118. The Labute approximate surface area is 185 Å². The monoisotopic (exact) mass is 435 g/mol. The molecule has 0 aliphatic rings. The zero-order valence-corrected chi connectivity index (χ0v) is 17.9. The van der Waals surface area contributed by atoms with E-state index in [0.29, 0.717) is 39.6 Å². The molecule has 7 heteroatoms. The first-order valence-electron chi connectivity index (χ1n) is 9.73. The number of carbonyl (C=O) groups excluding carboxylic acids is 3. The molecular weight excluding hydrogens is 414 g/mol. The Morgan fingerprint density at radius 3 is 2.13 bits per heavy atom. The Morgan fingerprint density at radius 2 is 1.48 bits per heavy atom. The Morgan fingerprint density at radius 1 is 0.839 bits per heavy atom. The van der Waals surface area contributed by atoms with Crippen molar-refractivity contribution in [2.45, 2.75) is 13.3 Å². The molecule has 6 nitrogen and oxygen atoms in total. The highest BCUT2D eigenvalue weighted by Gasteiger charge is 2.15. The van der Waals surface area contributed by atoms with Gasteiger partial charge in [0.25, 0.3) is 11.8 Å². The largest absolute Gasteiger partial charge is 0.322 e. The van der Waals surface area contributed by atoms with E-state index in [-0.39, 0.29) is 17.7 Å². The smallest absolute Gasteiger partial charge is 0.257 e. The molecule has 0 bridgehead atoms. The average Bonchev–Trinajstić information content (AvgIpc) is 2.80. The summed E-state index contributed by atoms with van der Waals surface area (Å²) in [6, 6.07) is 20.2. The molecule has 0 fully saturated rings. The molecule has 3 aromatic carbocycles. The van der Waals surface area contributed by atoms with Crippen molar-refractivity contribution in [2.24, 2.45) is 0 Å². The standard InChI is InChI=1S/C24H22ClN3O3/c1-3-22(29)28(2)19-14-8-16(9-15-19)23(30)27-21-7-5-4-6-20(21)24(31)26-18-12-10-17(25)11-13-18/h4-15H,3H2,1-2H3,(H,26,31)(H,27,30). The molecule has 2 N–H and O–H groups in total. The van der Waals surface area contributed by atoms with Crippen LogP contribution in [0.2, 0.25) is 5.02 Å². The van der Waals surface area contributed by atoms with E-state index in [4.69, 9.17) is 11.6 Å². The highest BCUT2D eigenvalue weighted by Crippen LogP contribution is 2.21. The SMILES string of the molecule is CCC(=O)N(C)c1ccc(C(=O)Nc2ccccc2C(=O)Nc2ccc(Cl)cc2)cc1. The molecule has 0 saturated carbocycles. The van der Waals surface area contributed by atoms with Crippen LogP contribution in [0.1, 0.15) is 34.1 Å². The summed E-state index contributed by atoms with van der Waals surface area (Å²) in [5, 5.41) is 6.14. The molecule has 0 atom stereocenters. The van der Waals surface area contributed by atoms with E-state index in [2.05, 4.69) is 10.6 Å². The lowest BCUT2D eigenvalue weighted by atomic mass is 10.1. The minimum atomic E-state index is -0.359. The van der Waals surface area contributed by atoms with Gasteiger partial charge in [-0.1, -0.05) is 30.7 Å². The zero-order valence-electron chi connectivity index (χ0n) is 17.2. The number of rotatable bonds is 6. The number of para-hydroxylation sites is 1. The Balaban J connectivity index is 1.74. The van der Waals surface area contributed by atoms with Crippen LogP contribution < -0.4 is 15.5 Å². The normalized spacial score (nSPS) is 10.3. The molecule has 3 rings (SSSR count). The summed E-state index contributed by atoms with van der Waals surface area (Å²) in [7, 11) is 1.69. The van der Waals surface area contributed by atoms with Gasteiger partial charge in [-0.25, -0.2) is 0 Å². The third-order valence-corrected chi connectivity index (χ3v) is 4.97. The topological polar surface area (TPSA) is 78.5 Å². The van der Waals surface area contributed by atoms with E-state index in [1.165, 1.54) is 4.90 Å². The summed E-state index contributed by atoms with van der Waals surface area (Å²) in [5.41, 5.74) is 2.43. The summed E-state index contributed by atoms with van der Waals surface area (Å²) in [4.78, 5) is 38.8. The van der Waals surface area contributed by atoms with Gasteiger partial charge in [0.2, 0.25) is 5.91 Å². The molecule has 3 aromatic rings. The highest BCUT2D eigenvalue weighted by atomic mass is 35.5. The molecule has 0 aliphatic heterocycles. The summed E-state index contributed by atoms with van der Waals surface area (Å²) in [6.07, 6.45) is 0.396. The van der Waals surface area contributed by atoms with Crippen LogP contribution in [0.25, 0.3) is 0 Å². The van der Waals surface area contributed by atoms with Gasteiger partial charge in [0, 0.05) is 35.4 Å². The van der Waals surface area contributed by atoms with Gasteiger partial charge in [0.15, 0.2) is 0 Å². The van der Waals surface area contributed by atoms with Crippen molar-refractivity contribution in [1.82, 2.24) is 0 Å². The fourth-order valence-corrected chi connectivity index (χ4v) is 3.06. The van der Waals surface area contributed by atoms with Gasteiger partial charge in [-0.2, -0.15) is 0 Å². The second kappa shape index (κ2) is 9.91. The lowest BCUT2D eigenvalue weighted by Crippen LogP contribution is -2.25. The third-order valence-electron chi connectivity index (χ3n) is 4.72. The van der Waals surface area contributed by atoms with Crippen LogP contribution in [0.4, 0.5) is 17.1 Å². The molecule has 0 saturated heterocycles. The van der Waals surface area contributed by atoms with E-state index in [0.717, 1.165) is 0 Å². The van der Waals surface area contributed by atoms with E-state index in [9.17, 15) is 14.4 Å². The number of hydrogen-bond donors (Lipinski definition) is 2. The number of nitrogens with zero attached hydrogens (tertiary/aromatic N) is 1. The van der Waals surface area contributed by atoms with Crippen molar-refractivity contribution >= 4 is 46.4 Å². The number of amides is 3. The van der Waals surface area contributed by atoms with Crippen molar-refractivity contribution in [3.05, 3.63) is 88.9 Å². The van der Waals surface area contributed by atoms with Crippen molar-refractivity contribution in [3.63, 3.8) is 0 Å². The number of anilines is 3. The maximum absolute atomic E-state index is 12.7. The van der Waals surface area contributed by atoms with Gasteiger partial charge in [0.1, 0.15) is 0 Å². The Hall–Kier alpha value is -3.64. The second-order valence-electron chi connectivity index (χ2n) is 6.81. The fraction of sp³-hybridized carbons (Fsp3) is 0.125. The fourth-order valence-electron chi connectivity index (χ4n) is 2.93. The number of benzene rings is 3. The van der Waals surface area contributed by atoms with Gasteiger partial charge >= 0.3 is 0 Å². The quantitative estimate of drug-likeness (QED) is 0.557. The molecule has 0 aliphatic carbocycles. The van der Waals surface area contributed by atoms with Crippen LogP contribution in [-0.4, -0.2) is 24.8 Å². The van der Waals surface area contributed by atoms with E-state index in [1.54, 1.807) is 86.8 Å². The maximum atomic E-state index is 12.7. The van der Waals surface area contributed by atoms with Crippen molar-refractivity contribution in [3.8, 4) is 0 Å². The predicted octanol–water partition coefficient (Wildman–Crippen LogP) is 5.22. The summed E-state index contributed by atoms with van der Waals surface area (Å²) >= 11 is 5.88. The number of carbonyl (C=O) groups is 3. The molecule has 3 amide bonds. The molecule has 31 heavy (non-hydrogen) atoms. The number of hydrogen-bond acceptors (Lipinski definition) is 3.